The molecule has 136 valence electrons. The first kappa shape index (κ1) is 17.9. The summed E-state index contributed by atoms with van der Waals surface area (Å²) in [6.45, 7) is 6.03. The van der Waals surface area contributed by atoms with Crippen LogP contribution in [0, 0.1) is 0 Å². The molecule has 1 saturated heterocycles. The molecule has 3 rings (SSSR count). The fourth-order valence-corrected chi connectivity index (χ4v) is 2.83. The zero-order valence-electron chi connectivity index (χ0n) is 15.2. The lowest BCUT2D eigenvalue weighted by Gasteiger charge is -2.14. The van der Waals surface area contributed by atoms with E-state index in [0.717, 1.165) is 35.7 Å². The van der Waals surface area contributed by atoms with Crippen LogP contribution in [0.4, 0.5) is 10.7 Å². The Hall–Kier alpha value is -2.89. The van der Waals surface area contributed by atoms with E-state index in [2.05, 4.69) is 20.2 Å². The lowest BCUT2D eigenvalue weighted by Crippen LogP contribution is -2.23. The van der Waals surface area contributed by atoms with Crippen LogP contribution in [-0.4, -0.2) is 29.2 Å². The fourth-order valence-electron chi connectivity index (χ4n) is 2.83. The Morgan fingerprint density at radius 1 is 1.23 bits per heavy atom. The number of hydrogen-bond donors (Lipinski definition) is 1. The number of carbonyl (C=O) groups is 1. The maximum Gasteiger partial charge on any atom is 0.412 e. The number of ether oxygens (including phenoxy) is 1. The van der Waals surface area contributed by atoms with Crippen molar-refractivity contribution >= 4 is 12.0 Å². The maximum atomic E-state index is 11.7. The van der Waals surface area contributed by atoms with Gasteiger partial charge in [0.2, 0.25) is 5.95 Å². The highest BCUT2D eigenvalue weighted by atomic mass is 16.6. The summed E-state index contributed by atoms with van der Waals surface area (Å²) >= 11 is 0. The Kier molecular flexibility index (Phi) is 5.84. The minimum atomic E-state index is -0.454. The highest BCUT2D eigenvalue weighted by molar-refractivity contribution is 5.68. The molecule has 1 N–H and O–H groups in total. The Balaban J connectivity index is 1.64. The van der Waals surface area contributed by atoms with Crippen molar-refractivity contribution in [2.24, 2.45) is 0 Å². The van der Waals surface area contributed by atoms with Crippen molar-refractivity contribution < 1.29 is 9.53 Å². The van der Waals surface area contributed by atoms with Gasteiger partial charge in [0.05, 0.1) is 0 Å². The molecule has 0 spiro atoms. The van der Waals surface area contributed by atoms with Crippen LogP contribution in [0.3, 0.4) is 0 Å². The van der Waals surface area contributed by atoms with Crippen molar-refractivity contribution in [3.05, 3.63) is 54.1 Å². The van der Waals surface area contributed by atoms with Gasteiger partial charge >= 0.3 is 6.09 Å². The summed E-state index contributed by atoms with van der Waals surface area (Å²) in [7, 11) is 0. The Morgan fingerprint density at radius 2 is 1.96 bits per heavy atom. The van der Waals surface area contributed by atoms with Gasteiger partial charge in [-0.2, -0.15) is 0 Å². The van der Waals surface area contributed by atoms with Crippen molar-refractivity contribution in [3.8, 4) is 11.1 Å². The Bertz CT molecular complexity index is 781. The summed E-state index contributed by atoms with van der Waals surface area (Å²) in [5.41, 5.74) is 2.97. The predicted molar refractivity (Wildman–Crippen MR) is 102 cm³/mol. The Labute approximate surface area is 153 Å². The van der Waals surface area contributed by atoms with Crippen molar-refractivity contribution in [2.45, 2.75) is 33.2 Å². The molecule has 2 heterocycles. The van der Waals surface area contributed by atoms with Crippen LogP contribution in [0.1, 0.15) is 32.3 Å². The van der Waals surface area contributed by atoms with Gasteiger partial charge in [-0.05, 0) is 50.0 Å². The van der Waals surface area contributed by atoms with E-state index < -0.39 is 6.09 Å². The van der Waals surface area contributed by atoms with E-state index in [1.165, 1.54) is 12.8 Å². The molecule has 0 atom stereocenters. The summed E-state index contributed by atoms with van der Waals surface area (Å²) in [5, 5.41) is 2.75. The van der Waals surface area contributed by atoms with Gasteiger partial charge in [-0.1, -0.05) is 18.2 Å². The normalized spacial score (nSPS) is 14.4. The number of allylic oxidation sites excluding steroid dienone is 2. The molecule has 0 saturated carbocycles. The molecule has 6 nitrogen and oxygen atoms in total. The lowest BCUT2D eigenvalue weighted by molar-refractivity contribution is 0.175. The van der Waals surface area contributed by atoms with Gasteiger partial charge in [0.15, 0.2) is 0 Å². The van der Waals surface area contributed by atoms with E-state index >= 15 is 0 Å². The molecule has 1 aliphatic heterocycles. The SMILES string of the molecule is C/C=C(/C)OC(=O)NCc1cccc(-c2cnc(N3CCCC3)nc2)c1. The smallest absolute Gasteiger partial charge is 0.412 e. The summed E-state index contributed by atoms with van der Waals surface area (Å²) in [6, 6.07) is 7.96. The first-order valence-corrected chi connectivity index (χ1v) is 8.90. The van der Waals surface area contributed by atoms with Crippen LogP contribution in [0.2, 0.25) is 0 Å². The van der Waals surface area contributed by atoms with E-state index in [1.807, 2.05) is 43.6 Å². The molecule has 0 bridgehead atoms. The fraction of sp³-hybridized carbons (Fsp3) is 0.350. The molecule has 1 fully saturated rings. The lowest BCUT2D eigenvalue weighted by atomic mass is 10.1. The highest BCUT2D eigenvalue weighted by Gasteiger charge is 2.14. The van der Waals surface area contributed by atoms with Gasteiger partial charge in [0, 0.05) is 37.6 Å². The molecule has 1 aromatic carbocycles. The molecule has 2 aromatic rings. The van der Waals surface area contributed by atoms with Crippen LogP contribution in [0.5, 0.6) is 0 Å². The first-order valence-electron chi connectivity index (χ1n) is 8.90. The van der Waals surface area contributed by atoms with Crippen LogP contribution in [-0.2, 0) is 11.3 Å². The van der Waals surface area contributed by atoms with Crippen LogP contribution < -0.4 is 10.2 Å². The average Bonchev–Trinajstić information content (AvgIpc) is 3.21. The number of rotatable bonds is 5. The van der Waals surface area contributed by atoms with E-state index in [9.17, 15) is 4.79 Å². The molecule has 0 aliphatic carbocycles. The second kappa shape index (κ2) is 8.47. The van der Waals surface area contributed by atoms with Crippen molar-refractivity contribution in [1.82, 2.24) is 15.3 Å². The third-order valence-corrected chi connectivity index (χ3v) is 4.38. The minimum Gasteiger partial charge on any atom is -0.416 e. The number of nitrogens with zero attached hydrogens (tertiary/aromatic N) is 3. The third kappa shape index (κ3) is 4.59. The van der Waals surface area contributed by atoms with Crippen LogP contribution in [0.15, 0.2) is 48.5 Å². The second-order valence-electron chi connectivity index (χ2n) is 6.31. The zero-order chi connectivity index (χ0) is 18.4. The first-order chi connectivity index (χ1) is 12.7. The average molecular weight is 352 g/mol. The van der Waals surface area contributed by atoms with Crippen molar-refractivity contribution in [2.75, 3.05) is 18.0 Å². The second-order valence-corrected chi connectivity index (χ2v) is 6.31. The van der Waals surface area contributed by atoms with Gasteiger partial charge in [-0.25, -0.2) is 14.8 Å². The number of benzene rings is 1. The number of carbonyl (C=O) groups excluding carboxylic acids is 1. The monoisotopic (exact) mass is 352 g/mol. The maximum absolute atomic E-state index is 11.7. The molecule has 1 amide bonds. The largest absolute Gasteiger partial charge is 0.416 e. The van der Waals surface area contributed by atoms with Gasteiger partial charge in [-0.15, -0.1) is 0 Å². The molecule has 0 unspecified atom stereocenters. The number of amides is 1. The third-order valence-electron chi connectivity index (χ3n) is 4.38. The van der Waals surface area contributed by atoms with E-state index in [1.54, 1.807) is 13.0 Å². The molecule has 1 aromatic heterocycles. The molecule has 26 heavy (non-hydrogen) atoms. The molecular formula is C20H24N4O2. The van der Waals surface area contributed by atoms with Gasteiger partial charge in [-0.3, -0.25) is 0 Å². The number of alkyl carbamates (subject to hydrolysis) is 1. The van der Waals surface area contributed by atoms with Crippen molar-refractivity contribution in [3.63, 3.8) is 0 Å². The van der Waals surface area contributed by atoms with Crippen LogP contribution in [0.25, 0.3) is 11.1 Å². The van der Waals surface area contributed by atoms with Gasteiger partial charge in [0.25, 0.3) is 0 Å². The van der Waals surface area contributed by atoms with E-state index in [-0.39, 0.29) is 0 Å². The minimum absolute atomic E-state index is 0.399. The zero-order valence-corrected chi connectivity index (χ0v) is 15.2. The predicted octanol–water partition coefficient (Wildman–Crippen LogP) is 3.89. The molecule has 0 radical (unpaired) electrons. The topological polar surface area (TPSA) is 67.3 Å². The summed E-state index contributed by atoms with van der Waals surface area (Å²) < 4.78 is 5.08. The summed E-state index contributed by atoms with van der Waals surface area (Å²) in [4.78, 5) is 22.9. The van der Waals surface area contributed by atoms with Crippen molar-refractivity contribution in [1.29, 1.82) is 0 Å². The molecule has 6 heteroatoms. The highest BCUT2D eigenvalue weighted by Crippen LogP contribution is 2.21. The van der Waals surface area contributed by atoms with E-state index in [4.69, 9.17) is 4.74 Å². The van der Waals surface area contributed by atoms with Gasteiger partial charge < -0.3 is 15.0 Å². The standard InChI is InChI=1S/C20H24N4O2/c1-3-15(2)26-20(25)23-12-16-7-6-8-17(11-16)18-13-21-19(22-14-18)24-9-4-5-10-24/h3,6-8,11,13-14H,4-5,9-10,12H2,1-2H3,(H,23,25)/b15-3-. The van der Waals surface area contributed by atoms with Crippen LogP contribution >= 0.6 is 0 Å². The molecular weight excluding hydrogens is 328 g/mol. The molecule has 1 aliphatic rings. The number of hydrogen-bond acceptors (Lipinski definition) is 5. The quantitative estimate of drug-likeness (QED) is 0.827. The summed E-state index contributed by atoms with van der Waals surface area (Å²) in [5.74, 6) is 1.37. The number of aromatic nitrogens is 2. The van der Waals surface area contributed by atoms with Gasteiger partial charge in [0.1, 0.15) is 5.76 Å². The summed E-state index contributed by atoms with van der Waals surface area (Å²) in [6.07, 6.45) is 7.41. The number of anilines is 1. The van der Waals surface area contributed by atoms with E-state index in [0.29, 0.717) is 12.3 Å². The Morgan fingerprint density at radius 3 is 2.65 bits per heavy atom. The number of nitrogens with one attached hydrogen (secondary N) is 1.